The highest BCUT2D eigenvalue weighted by Crippen LogP contribution is 2.10. The van der Waals surface area contributed by atoms with E-state index in [1.54, 1.807) is 20.8 Å². The Hall–Kier alpha value is -2.08. The summed E-state index contributed by atoms with van der Waals surface area (Å²) in [5.41, 5.74) is 0.473. The first-order valence-electron chi connectivity index (χ1n) is 9.12. The molecule has 3 N–H and O–H groups in total. The Balaban J connectivity index is 2.79. The first-order chi connectivity index (χ1) is 12.1. The van der Waals surface area contributed by atoms with Crippen LogP contribution in [-0.2, 0) is 16.0 Å². The van der Waals surface area contributed by atoms with Crippen LogP contribution < -0.4 is 10.6 Å². The summed E-state index contributed by atoms with van der Waals surface area (Å²) in [5.74, 6) is -0.888. The van der Waals surface area contributed by atoms with Crippen LogP contribution in [0.1, 0.15) is 46.6 Å². The molecule has 0 bridgehead atoms. The van der Waals surface area contributed by atoms with Gasteiger partial charge >= 0.3 is 12.1 Å². The number of carboxylic acids is 1. The Morgan fingerprint density at radius 3 is 2.31 bits per heavy atom. The average molecular weight is 364 g/mol. The Labute approximate surface area is 156 Å². The minimum atomic E-state index is -0.880. The summed E-state index contributed by atoms with van der Waals surface area (Å²) in [6.45, 7) is 9.62. The fraction of sp³-hybridized carbons (Fsp3) is 0.600. The summed E-state index contributed by atoms with van der Waals surface area (Å²) in [4.78, 5) is 23.7. The highest BCUT2D eigenvalue weighted by Gasteiger charge is 2.25. The number of hydrogen-bond acceptors (Lipinski definition) is 4. The fourth-order valence-electron chi connectivity index (χ4n) is 2.58. The minimum Gasteiger partial charge on any atom is -0.480 e. The molecule has 146 valence electrons. The number of aliphatic carboxylic acids is 1. The number of ether oxygens (including phenoxy) is 1. The second-order valence-corrected chi connectivity index (χ2v) is 7.64. The molecule has 0 saturated carbocycles. The number of carboxylic acid groups (broad SMARTS) is 1. The zero-order valence-electron chi connectivity index (χ0n) is 16.4. The van der Waals surface area contributed by atoms with E-state index in [2.05, 4.69) is 10.6 Å². The van der Waals surface area contributed by atoms with Gasteiger partial charge in [0.05, 0.1) is 0 Å². The van der Waals surface area contributed by atoms with Crippen molar-refractivity contribution >= 4 is 12.1 Å². The molecule has 1 aromatic carbocycles. The zero-order valence-corrected chi connectivity index (χ0v) is 16.4. The molecule has 6 nitrogen and oxygen atoms in total. The third-order valence-corrected chi connectivity index (χ3v) is 4.11. The van der Waals surface area contributed by atoms with Crippen LogP contribution in [0.25, 0.3) is 0 Å². The lowest BCUT2D eigenvalue weighted by atomic mass is 9.98. The first-order valence-corrected chi connectivity index (χ1v) is 9.12. The molecule has 0 heterocycles. The highest BCUT2D eigenvalue weighted by atomic mass is 16.6. The van der Waals surface area contributed by atoms with Crippen molar-refractivity contribution in [2.75, 3.05) is 6.54 Å². The number of carbonyl (C=O) groups excluding carboxylic acids is 1. The second kappa shape index (κ2) is 10.2. The average Bonchev–Trinajstić information content (AvgIpc) is 2.53. The first kappa shape index (κ1) is 22.0. The van der Waals surface area contributed by atoms with Gasteiger partial charge in [-0.2, -0.15) is 0 Å². The standard InChI is InChI=1S/C20H32N2O4/c1-6-14(2)17(18(23)24)21-13-16(12-15-10-8-7-9-11-15)22-19(25)26-20(3,4)5/h7-11,14,16-17,21H,6,12-13H2,1-5H3,(H,22,25)(H,23,24)/t14-,16-,17-/m0/s1. The van der Waals surface area contributed by atoms with Crippen molar-refractivity contribution < 1.29 is 19.4 Å². The Morgan fingerprint density at radius 2 is 1.81 bits per heavy atom. The molecule has 0 aliphatic heterocycles. The number of benzene rings is 1. The van der Waals surface area contributed by atoms with Gasteiger partial charge in [0.15, 0.2) is 0 Å². The van der Waals surface area contributed by atoms with E-state index >= 15 is 0 Å². The van der Waals surface area contributed by atoms with E-state index in [4.69, 9.17) is 4.74 Å². The van der Waals surface area contributed by atoms with Crippen molar-refractivity contribution in [1.82, 2.24) is 10.6 Å². The predicted molar refractivity (Wildman–Crippen MR) is 102 cm³/mol. The molecule has 1 amide bonds. The molecule has 1 rings (SSSR count). The van der Waals surface area contributed by atoms with Crippen molar-refractivity contribution in [2.45, 2.75) is 65.1 Å². The molecule has 26 heavy (non-hydrogen) atoms. The van der Waals surface area contributed by atoms with Gasteiger partial charge in [-0.1, -0.05) is 50.6 Å². The summed E-state index contributed by atoms with van der Waals surface area (Å²) < 4.78 is 5.33. The molecule has 0 fully saturated rings. The van der Waals surface area contributed by atoms with Gasteiger partial charge in [-0.05, 0) is 38.7 Å². The van der Waals surface area contributed by atoms with Crippen LogP contribution in [0.5, 0.6) is 0 Å². The normalized spacial score (nSPS) is 15.0. The zero-order chi connectivity index (χ0) is 19.7. The number of amides is 1. The molecule has 0 aliphatic rings. The second-order valence-electron chi connectivity index (χ2n) is 7.64. The molecular formula is C20H32N2O4. The molecule has 0 unspecified atom stereocenters. The van der Waals surface area contributed by atoms with Gasteiger partial charge in [-0.3, -0.25) is 4.79 Å². The van der Waals surface area contributed by atoms with Gasteiger partial charge in [0.1, 0.15) is 11.6 Å². The summed E-state index contributed by atoms with van der Waals surface area (Å²) in [6.07, 6.45) is 0.836. The van der Waals surface area contributed by atoms with Gasteiger partial charge in [0, 0.05) is 12.6 Å². The number of rotatable bonds is 9. The molecule has 0 aromatic heterocycles. The number of alkyl carbamates (subject to hydrolysis) is 1. The maximum atomic E-state index is 12.2. The van der Waals surface area contributed by atoms with E-state index in [0.29, 0.717) is 13.0 Å². The third-order valence-electron chi connectivity index (χ3n) is 4.11. The van der Waals surface area contributed by atoms with Crippen molar-refractivity contribution in [3.05, 3.63) is 35.9 Å². The van der Waals surface area contributed by atoms with E-state index in [1.165, 1.54) is 0 Å². The lowest BCUT2D eigenvalue weighted by Gasteiger charge is -2.26. The summed E-state index contributed by atoms with van der Waals surface area (Å²) in [6, 6.07) is 8.83. The van der Waals surface area contributed by atoms with Crippen LogP contribution in [0.4, 0.5) is 4.79 Å². The van der Waals surface area contributed by atoms with E-state index in [-0.39, 0.29) is 12.0 Å². The lowest BCUT2D eigenvalue weighted by molar-refractivity contribution is -0.140. The summed E-state index contributed by atoms with van der Waals surface area (Å²) >= 11 is 0. The fourth-order valence-corrected chi connectivity index (χ4v) is 2.58. The van der Waals surface area contributed by atoms with Gasteiger partial charge in [-0.15, -0.1) is 0 Å². The Bertz CT molecular complexity index is 569. The topological polar surface area (TPSA) is 87.7 Å². The predicted octanol–water partition coefficient (Wildman–Crippen LogP) is 3.21. The molecule has 1 aromatic rings. The summed E-state index contributed by atoms with van der Waals surface area (Å²) in [7, 11) is 0. The van der Waals surface area contributed by atoms with Gasteiger partial charge < -0.3 is 20.5 Å². The lowest BCUT2D eigenvalue weighted by Crippen LogP contribution is -2.50. The van der Waals surface area contributed by atoms with Crippen molar-refractivity contribution in [2.24, 2.45) is 5.92 Å². The molecule has 0 aliphatic carbocycles. The van der Waals surface area contributed by atoms with Crippen molar-refractivity contribution in [3.63, 3.8) is 0 Å². The largest absolute Gasteiger partial charge is 0.480 e. The van der Waals surface area contributed by atoms with Crippen LogP contribution >= 0.6 is 0 Å². The van der Waals surface area contributed by atoms with Crippen LogP contribution in [0.3, 0.4) is 0 Å². The third kappa shape index (κ3) is 8.34. The highest BCUT2D eigenvalue weighted by molar-refractivity contribution is 5.73. The number of carbonyl (C=O) groups is 2. The Morgan fingerprint density at radius 1 is 1.19 bits per heavy atom. The van der Waals surface area contributed by atoms with E-state index in [1.807, 2.05) is 44.2 Å². The minimum absolute atomic E-state index is 0.00796. The van der Waals surface area contributed by atoms with Crippen LogP contribution in [0, 0.1) is 5.92 Å². The van der Waals surface area contributed by atoms with Crippen LogP contribution in [0.15, 0.2) is 30.3 Å². The molecule has 0 spiro atoms. The monoisotopic (exact) mass is 364 g/mol. The van der Waals surface area contributed by atoms with Gasteiger partial charge in [0.25, 0.3) is 0 Å². The maximum absolute atomic E-state index is 12.2. The van der Waals surface area contributed by atoms with E-state index in [0.717, 1.165) is 12.0 Å². The quantitative estimate of drug-likeness (QED) is 0.626. The van der Waals surface area contributed by atoms with Gasteiger partial charge in [-0.25, -0.2) is 4.79 Å². The van der Waals surface area contributed by atoms with E-state index < -0.39 is 23.7 Å². The molecule has 0 saturated heterocycles. The smallest absolute Gasteiger partial charge is 0.407 e. The van der Waals surface area contributed by atoms with Gasteiger partial charge in [0.2, 0.25) is 0 Å². The number of hydrogen-bond donors (Lipinski definition) is 3. The molecule has 6 heteroatoms. The number of nitrogens with one attached hydrogen (secondary N) is 2. The van der Waals surface area contributed by atoms with Crippen LogP contribution in [-0.4, -0.2) is 41.4 Å². The van der Waals surface area contributed by atoms with Crippen molar-refractivity contribution in [3.8, 4) is 0 Å². The molecule has 3 atom stereocenters. The molecule has 0 radical (unpaired) electrons. The summed E-state index contributed by atoms with van der Waals surface area (Å²) in [5, 5.41) is 15.4. The van der Waals surface area contributed by atoms with E-state index in [9.17, 15) is 14.7 Å². The Kier molecular flexibility index (Phi) is 8.58. The maximum Gasteiger partial charge on any atom is 0.407 e. The van der Waals surface area contributed by atoms with Crippen LogP contribution in [0.2, 0.25) is 0 Å². The SMILES string of the molecule is CC[C@H](C)[C@H](NC[C@H](Cc1ccccc1)NC(=O)OC(C)(C)C)C(=O)O. The molecular weight excluding hydrogens is 332 g/mol. The van der Waals surface area contributed by atoms with Crippen molar-refractivity contribution in [1.29, 1.82) is 0 Å².